The number of para-hydroxylation sites is 1. The number of carbonyl (C=O) groups excluding carboxylic acids is 1. The van der Waals surface area contributed by atoms with Gasteiger partial charge in [-0.2, -0.15) is 10.2 Å². The Hall–Kier alpha value is -3.13. The van der Waals surface area contributed by atoms with Gasteiger partial charge in [0.05, 0.1) is 36.7 Å². The minimum Gasteiger partial charge on any atom is -0.493 e. The molecule has 152 valence electrons. The van der Waals surface area contributed by atoms with E-state index in [0.717, 1.165) is 22.8 Å². The van der Waals surface area contributed by atoms with Crippen LogP contribution in [0.25, 0.3) is 0 Å². The number of nitrogens with one attached hydrogen (secondary N) is 1. The predicted octanol–water partition coefficient (Wildman–Crippen LogP) is 2.29. The second-order valence-electron chi connectivity index (χ2n) is 7.14. The van der Waals surface area contributed by atoms with Gasteiger partial charge in [0.1, 0.15) is 11.9 Å². The van der Waals surface area contributed by atoms with E-state index in [9.17, 15) is 4.79 Å². The van der Waals surface area contributed by atoms with Crippen molar-refractivity contribution in [3.63, 3.8) is 0 Å². The van der Waals surface area contributed by atoms with Crippen molar-refractivity contribution in [2.75, 3.05) is 26.3 Å². The second-order valence-corrected chi connectivity index (χ2v) is 7.14. The van der Waals surface area contributed by atoms with E-state index in [1.165, 1.54) is 0 Å². The summed E-state index contributed by atoms with van der Waals surface area (Å²) >= 11 is 0. The Morgan fingerprint density at radius 1 is 1.34 bits per heavy atom. The molecule has 0 saturated carbocycles. The van der Waals surface area contributed by atoms with Gasteiger partial charge in [-0.3, -0.25) is 14.6 Å². The zero-order valence-electron chi connectivity index (χ0n) is 16.7. The summed E-state index contributed by atoms with van der Waals surface area (Å²) in [6, 6.07) is 11.7. The van der Waals surface area contributed by atoms with E-state index in [1.807, 2.05) is 55.3 Å². The molecular weight excluding hydrogens is 370 g/mol. The molecular formula is C21H25N5O3. The van der Waals surface area contributed by atoms with Crippen molar-refractivity contribution in [1.29, 1.82) is 0 Å². The first-order chi connectivity index (χ1) is 14.1. The lowest BCUT2D eigenvalue weighted by Crippen LogP contribution is -2.42. The fourth-order valence-electron chi connectivity index (χ4n) is 3.46. The van der Waals surface area contributed by atoms with Crippen LogP contribution < -0.4 is 4.74 Å². The number of aryl methyl sites for hydroxylation is 2. The molecule has 4 rings (SSSR count). The standard InChI is InChI=1S/C21H25N5O3/c1-15-18(13-25(2)24-15)21(27)26-9-11-29-20(14-26)19-12-16(22-23-19)8-10-28-17-6-4-3-5-7-17/h3-7,12-13,20H,8-11,14H2,1-2H3,(H,22,23)/t20-/m0/s1. The lowest BCUT2D eigenvalue weighted by Gasteiger charge is -2.32. The van der Waals surface area contributed by atoms with Crippen molar-refractivity contribution in [3.05, 3.63) is 65.2 Å². The largest absolute Gasteiger partial charge is 0.493 e. The van der Waals surface area contributed by atoms with Gasteiger partial charge in [-0.05, 0) is 25.1 Å². The first kappa shape index (κ1) is 19.2. The number of aromatic amines is 1. The van der Waals surface area contributed by atoms with Crippen LogP contribution in [0.15, 0.2) is 42.6 Å². The van der Waals surface area contributed by atoms with Crippen LogP contribution in [0.3, 0.4) is 0 Å². The number of morpholine rings is 1. The van der Waals surface area contributed by atoms with E-state index >= 15 is 0 Å². The van der Waals surface area contributed by atoms with Crippen LogP contribution in [0.1, 0.15) is 33.5 Å². The van der Waals surface area contributed by atoms with E-state index in [-0.39, 0.29) is 12.0 Å². The summed E-state index contributed by atoms with van der Waals surface area (Å²) in [5, 5.41) is 11.7. The molecule has 1 aromatic carbocycles. The third kappa shape index (κ3) is 4.48. The normalized spacial score (nSPS) is 16.8. The first-order valence-corrected chi connectivity index (χ1v) is 9.73. The number of benzene rings is 1. The van der Waals surface area contributed by atoms with Crippen molar-refractivity contribution in [2.24, 2.45) is 7.05 Å². The van der Waals surface area contributed by atoms with Crippen LogP contribution in [0, 0.1) is 6.92 Å². The fraction of sp³-hybridized carbons (Fsp3) is 0.381. The maximum Gasteiger partial charge on any atom is 0.257 e. The lowest BCUT2D eigenvalue weighted by molar-refractivity contribution is -0.0247. The number of amides is 1. The summed E-state index contributed by atoms with van der Waals surface area (Å²) in [4.78, 5) is 14.7. The summed E-state index contributed by atoms with van der Waals surface area (Å²) in [6.07, 6.45) is 2.23. The maximum atomic E-state index is 12.9. The third-order valence-corrected chi connectivity index (χ3v) is 4.96. The van der Waals surface area contributed by atoms with Gasteiger partial charge in [0, 0.05) is 31.9 Å². The van der Waals surface area contributed by atoms with Gasteiger partial charge in [-0.1, -0.05) is 18.2 Å². The maximum absolute atomic E-state index is 12.9. The van der Waals surface area contributed by atoms with Crippen LogP contribution >= 0.6 is 0 Å². The van der Waals surface area contributed by atoms with Crippen LogP contribution in [0.4, 0.5) is 0 Å². The van der Waals surface area contributed by atoms with Crippen LogP contribution in [0.5, 0.6) is 5.75 Å². The van der Waals surface area contributed by atoms with Gasteiger partial charge in [0.2, 0.25) is 0 Å². The highest BCUT2D eigenvalue weighted by Crippen LogP contribution is 2.23. The average molecular weight is 395 g/mol. The van der Waals surface area contributed by atoms with Crippen molar-refractivity contribution in [2.45, 2.75) is 19.4 Å². The number of rotatable bonds is 6. The first-order valence-electron chi connectivity index (χ1n) is 9.73. The minimum absolute atomic E-state index is 0.0177. The van der Waals surface area contributed by atoms with Crippen LogP contribution in [-0.2, 0) is 18.2 Å². The van der Waals surface area contributed by atoms with Crippen molar-refractivity contribution in [1.82, 2.24) is 24.9 Å². The van der Waals surface area contributed by atoms with E-state index in [1.54, 1.807) is 10.9 Å². The summed E-state index contributed by atoms with van der Waals surface area (Å²) in [7, 11) is 1.82. The Balaban J connectivity index is 1.35. The average Bonchev–Trinajstić information content (AvgIpc) is 3.34. The zero-order chi connectivity index (χ0) is 20.2. The SMILES string of the molecule is Cc1nn(C)cc1C(=O)N1CCO[C@H](c2cc(CCOc3ccccc3)[nH]n2)C1. The van der Waals surface area contributed by atoms with Crippen molar-refractivity contribution >= 4 is 5.91 Å². The fourth-order valence-corrected chi connectivity index (χ4v) is 3.46. The highest BCUT2D eigenvalue weighted by Gasteiger charge is 2.29. The van der Waals surface area contributed by atoms with E-state index in [0.29, 0.717) is 38.3 Å². The number of hydrogen-bond donors (Lipinski definition) is 1. The molecule has 1 aliphatic heterocycles. The van der Waals surface area contributed by atoms with Crippen LogP contribution in [-0.4, -0.2) is 57.1 Å². The molecule has 1 fully saturated rings. The third-order valence-electron chi connectivity index (χ3n) is 4.96. The van der Waals surface area contributed by atoms with Gasteiger partial charge in [-0.25, -0.2) is 0 Å². The highest BCUT2D eigenvalue weighted by molar-refractivity contribution is 5.95. The molecule has 29 heavy (non-hydrogen) atoms. The Kier molecular flexibility index (Phi) is 5.62. The topological polar surface area (TPSA) is 85.3 Å². The Morgan fingerprint density at radius 3 is 2.93 bits per heavy atom. The molecule has 0 unspecified atom stereocenters. The quantitative estimate of drug-likeness (QED) is 0.692. The summed E-state index contributed by atoms with van der Waals surface area (Å²) in [5.74, 6) is 0.832. The van der Waals surface area contributed by atoms with Crippen molar-refractivity contribution in [3.8, 4) is 5.75 Å². The monoisotopic (exact) mass is 395 g/mol. The molecule has 3 heterocycles. The number of aromatic nitrogens is 4. The molecule has 0 aliphatic carbocycles. The zero-order valence-corrected chi connectivity index (χ0v) is 16.7. The Morgan fingerprint density at radius 2 is 2.17 bits per heavy atom. The van der Waals surface area contributed by atoms with E-state index < -0.39 is 0 Å². The molecule has 2 aromatic heterocycles. The molecule has 8 heteroatoms. The van der Waals surface area contributed by atoms with Gasteiger partial charge >= 0.3 is 0 Å². The Bertz CT molecular complexity index is 966. The van der Waals surface area contributed by atoms with Gasteiger partial charge < -0.3 is 14.4 Å². The Labute approximate surface area is 169 Å². The molecule has 1 aliphatic rings. The van der Waals surface area contributed by atoms with Gasteiger partial charge in [0.15, 0.2) is 0 Å². The second kappa shape index (κ2) is 8.48. The minimum atomic E-state index is -0.246. The van der Waals surface area contributed by atoms with E-state index in [4.69, 9.17) is 9.47 Å². The highest BCUT2D eigenvalue weighted by atomic mass is 16.5. The summed E-state index contributed by atoms with van der Waals surface area (Å²) in [6.45, 7) is 3.92. The molecule has 0 spiro atoms. The molecule has 1 amide bonds. The smallest absolute Gasteiger partial charge is 0.257 e. The molecule has 3 aromatic rings. The molecule has 8 nitrogen and oxygen atoms in total. The number of nitrogens with zero attached hydrogens (tertiary/aromatic N) is 4. The van der Waals surface area contributed by atoms with Gasteiger partial charge in [0.25, 0.3) is 5.91 Å². The van der Waals surface area contributed by atoms with Crippen molar-refractivity contribution < 1.29 is 14.3 Å². The van der Waals surface area contributed by atoms with E-state index in [2.05, 4.69) is 15.3 Å². The van der Waals surface area contributed by atoms with Crippen LogP contribution in [0.2, 0.25) is 0 Å². The number of carbonyl (C=O) groups is 1. The molecule has 0 radical (unpaired) electrons. The molecule has 1 atom stereocenters. The lowest BCUT2D eigenvalue weighted by atomic mass is 10.1. The van der Waals surface area contributed by atoms with Gasteiger partial charge in [-0.15, -0.1) is 0 Å². The summed E-state index contributed by atoms with van der Waals surface area (Å²) in [5.41, 5.74) is 3.15. The number of ether oxygens (including phenoxy) is 2. The molecule has 1 N–H and O–H groups in total. The molecule has 0 bridgehead atoms. The number of hydrogen-bond acceptors (Lipinski definition) is 5. The number of H-pyrrole nitrogens is 1. The summed E-state index contributed by atoms with van der Waals surface area (Å²) < 4.78 is 13.3. The predicted molar refractivity (Wildman–Crippen MR) is 107 cm³/mol. The molecule has 1 saturated heterocycles.